The molecule has 1 amide bonds. The normalized spacial score (nSPS) is 11.2. The first-order chi connectivity index (χ1) is 14.1. The van der Waals surface area contributed by atoms with Gasteiger partial charge in [0.1, 0.15) is 21.7 Å². The number of hydrogen-bond donors (Lipinski definition) is 0. The topological polar surface area (TPSA) is 71.3 Å². The van der Waals surface area contributed by atoms with Crippen LogP contribution in [0.2, 0.25) is 0 Å². The smallest absolute Gasteiger partial charge is 0.283 e. The Hall–Kier alpha value is -3.44. The van der Waals surface area contributed by atoms with Gasteiger partial charge in [-0.3, -0.25) is 4.79 Å². The molecule has 8 heteroatoms. The third kappa shape index (κ3) is 3.65. The van der Waals surface area contributed by atoms with Crippen LogP contribution in [0.3, 0.4) is 0 Å². The van der Waals surface area contributed by atoms with Gasteiger partial charge in [0, 0.05) is 0 Å². The largest absolute Gasteiger partial charge is 0.495 e. The summed E-state index contributed by atoms with van der Waals surface area (Å²) >= 11 is 1.29. The van der Waals surface area contributed by atoms with Crippen LogP contribution in [0, 0.1) is 12.3 Å². The molecule has 0 saturated carbocycles. The zero-order valence-corrected chi connectivity index (χ0v) is 17.3. The Labute approximate surface area is 172 Å². The molecule has 3 aromatic rings. The van der Waals surface area contributed by atoms with Gasteiger partial charge in [0.25, 0.3) is 5.91 Å². The molecule has 1 heterocycles. The molecule has 1 aromatic heterocycles. The molecular formula is C21H20N2O5S. The number of carbonyl (C=O) groups is 1. The summed E-state index contributed by atoms with van der Waals surface area (Å²) in [5.74, 6) is 4.15. The fraction of sp³-hybridized carbons (Fsp3) is 0.238. The number of nitrogens with zero attached hydrogens (tertiary/aromatic N) is 2. The van der Waals surface area contributed by atoms with E-state index < -0.39 is 5.91 Å². The lowest BCUT2D eigenvalue weighted by molar-refractivity contribution is 0.0994. The lowest BCUT2D eigenvalue weighted by Crippen LogP contribution is -2.17. The number of hydrogen-bond acceptors (Lipinski definition) is 6. The molecule has 150 valence electrons. The highest BCUT2D eigenvalue weighted by Crippen LogP contribution is 2.35. The van der Waals surface area contributed by atoms with Crippen molar-refractivity contribution in [3.8, 4) is 35.3 Å². The van der Waals surface area contributed by atoms with Crippen molar-refractivity contribution in [2.45, 2.75) is 6.54 Å². The molecule has 3 rings (SSSR count). The van der Waals surface area contributed by atoms with Crippen molar-refractivity contribution in [2.24, 2.45) is 4.99 Å². The Morgan fingerprint density at radius 3 is 2.34 bits per heavy atom. The maximum absolute atomic E-state index is 13.0. The summed E-state index contributed by atoms with van der Waals surface area (Å²) in [6, 6.07) is 8.64. The van der Waals surface area contributed by atoms with Crippen LogP contribution in [0.15, 0.2) is 35.3 Å². The van der Waals surface area contributed by atoms with Crippen molar-refractivity contribution in [3.05, 3.63) is 40.7 Å². The number of ether oxygens (including phenoxy) is 4. The lowest BCUT2D eigenvalue weighted by Gasteiger charge is -2.10. The average molecular weight is 412 g/mol. The van der Waals surface area contributed by atoms with Crippen molar-refractivity contribution >= 4 is 27.5 Å². The molecule has 0 radical (unpaired) electrons. The number of amides is 1. The Morgan fingerprint density at radius 1 is 1.03 bits per heavy atom. The van der Waals surface area contributed by atoms with Crippen molar-refractivity contribution < 1.29 is 23.7 Å². The van der Waals surface area contributed by atoms with Crippen LogP contribution in [0.1, 0.15) is 10.4 Å². The Bertz CT molecular complexity index is 1170. The predicted molar refractivity (Wildman–Crippen MR) is 111 cm³/mol. The fourth-order valence-corrected chi connectivity index (χ4v) is 4.12. The molecule has 0 unspecified atom stereocenters. The molecule has 0 N–H and O–H groups in total. The van der Waals surface area contributed by atoms with E-state index in [2.05, 4.69) is 10.9 Å². The highest BCUT2D eigenvalue weighted by atomic mass is 32.1. The standard InChI is InChI=1S/C21H20N2O5S/c1-6-12-23-17-14(25-2)10-11-16(27-4)19(17)29-21(23)22-20(24)13-8-7-9-15(26-3)18(13)28-5/h1,7-11H,12H2,2-5H3. The molecule has 0 aliphatic carbocycles. The molecule has 2 aromatic carbocycles. The van der Waals surface area contributed by atoms with E-state index in [0.29, 0.717) is 27.8 Å². The van der Waals surface area contributed by atoms with Gasteiger partial charge in [0.2, 0.25) is 0 Å². The molecule has 0 aliphatic heterocycles. The van der Waals surface area contributed by atoms with E-state index in [-0.39, 0.29) is 12.1 Å². The monoisotopic (exact) mass is 412 g/mol. The number of aromatic nitrogens is 1. The van der Waals surface area contributed by atoms with Crippen LogP contribution in [-0.2, 0) is 6.54 Å². The van der Waals surface area contributed by atoms with Gasteiger partial charge in [-0.25, -0.2) is 0 Å². The van der Waals surface area contributed by atoms with E-state index in [0.717, 1.165) is 10.2 Å². The maximum atomic E-state index is 13.0. The van der Waals surface area contributed by atoms with E-state index in [1.54, 1.807) is 49.1 Å². The highest BCUT2D eigenvalue weighted by molar-refractivity contribution is 7.16. The second kappa shape index (κ2) is 8.71. The van der Waals surface area contributed by atoms with Crippen molar-refractivity contribution in [1.82, 2.24) is 4.57 Å². The summed E-state index contributed by atoms with van der Waals surface area (Å²) in [5, 5.41) is 0. The Kier molecular flexibility index (Phi) is 6.10. The minimum atomic E-state index is -0.476. The van der Waals surface area contributed by atoms with Gasteiger partial charge < -0.3 is 23.5 Å². The molecule has 7 nitrogen and oxygen atoms in total. The minimum Gasteiger partial charge on any atom is -0.495 e. The van der Waals surface area contributed by atoms with Crippen LogP contribution in [0.25, 0.3) is 10.2 Å². The van der Waals surface area contributed by atoms with Crippen molar-refractivity contribution in [2.75, 3.05) is 28.4 Å². The second-order valence-electron chi connectivity index (χ2n) is 5.78. The van der Waals surface area contributed by atoms with Gasteiger partial charge >= 0.3 is 0 Å². The average Bonchev–Trinajstić information content (AvgIpc) is 3.10. The minimum absolute atomic E-state index is 0.213. The molecule has 0 bridgehead atoms. The first-order valence-corrected chi connectivity index (χ1v) is 9.39. The number of fused-ring (bicyclic) bond motifs is 1. The third-order valence-electron chi connectivity index (χ3n) is 4.27. The van der Waals surface area contributed by atoms with E-state index in [1.165, 1.54) is 25.6 Å². The number of terminal acetylenes is 1. The van der Waals surface area contributed by atoms with Crippen molar-refractivity contribution in [1.29, 1.82) is 0 Å². The van der Waals surface area contributed by atoms with Crippen LogP contribution in [0.4, 0.5) is 0 Å². The van der Waals surface area contributed by atoms with E-state index >= 15 is 0 Å². The van der Waals surface area contributed by atoms with Crippen LogP contribution in [-0.4, -0.2) is 38.9 Å². The molecule has 0 atom stereocenters. The summed E-state index contributed by atoms with van der Waals surface area (Å²) < 4.78 is 24.1. The van der Waals surface area contributed by atoms with Gasteiger partial charge in [-0.2, -0.15) is 4.99 Å². The first kappa shape index (κ1) is 20.3. The maximum Gasteiger partial charge on any atom is 0.283 e. The molecule has 0 saturated heterocycles. The van der Waals surface area contributed by atoms with Crippen LogP contribution in [0.5, 0.6) is 23.0 Å². The number of carbonyl (C=O) groups excluding carboxylic acids is 1. The van der Waals surface area contributed by atoms with E-state index in [4.69, 9.17) is 25.4 Å². The highest BCUT2D eigenvalue weighted by Gasteiger charge is 2.19. The quantitative estimate of drug-likeness (QED) is 0.582. The fourth-order valence-electron chi connectivity index (χ4n) is 2.98. The van der Waals surface area contributed by atoms with Gasteiger partial charge in [0.15, 0.2) is 16.3 Å². The number of methoxy groups -OCH3 is 4. The number of rotatable bonds is 6. The van der Waals surface area contributed by atoms with Crippen molar-refractivity contribution in [3.63, 3.8) is 0 Å². The lowest BCUT2D eigenvalue weighted by atomic mass is 10.2. The van der Waals surface area contributed by atoms with E-state index in [1.807, 2.05) is 0 Å². The molecular weight excluding hydrogens is 392 g/mol. The molecule has 0 spiro atoms. The van der Waals surface area contributed by atoms with Gasteiger partial charge in [-0.15, -0.1) is 6.42 Å². The molecule has 0 aliphatic rings. The Morgan fingerprint density at radius 2 is 1.72 bits per heavy atom. The number of thiazole rings is 1. The summed E-state index contributed by atoms with van der Waals surface area (Å²) in [5.41, 5.74) is 1.01. The van der Waals surface area contributed by atoms with Crippen LogP contribution < -0.4 is 23.7 Å². The Balaban J connectivity index is 2.27. The van der Waals surface area contributed by atoms with Gasteiger partial charge in [0.05, 0.1) is 40.5 Å². The van der Waals surface area contributed by atoms with Gasteiger partial charge in [-0.05, 0) is 24.3 Å². The molecule has 29 heavy (non-hydrogen) atoms. The van der Waals surface area contributed by atoms with E-state index in [9.17, 15) is 4.79 Å². The zero-order chi connectivity index (χ0) is 21.0. The predicted octanol–water partition coefficient (Wildman–Crippen LogP) is 3.11. The molecule has 0 fully saturated rings. The first-order valence-electron chi connectivity index (χ1n) is 8.57. The summed E-state index contributed by atoms with van der Waals surface area (Å²) in [4.78, 5) is 17.7. The SMILES string of the molecule is C#CCn1c(=NC(=O)c2cccc(OC)c2OC)sc2c(OC)ccc(OC)c21. The summed E-state index contributed by atoms with van der Waals surface area (Å²) in [6.45, 7) is 0.213. The summed E-state index contributed by atoms with van der Waals surface area (Å²) in [6.07, 6.45) is 5.57. The number of benzene rings is 2. The zero-order valence-electron chi connectivity index (χ0n) is 16.5. The van der Waals surface area contributed by atoms with Gasteiger partial charge in [-0.1, -0.05) is 23.3 Å². The van der Waals surface area contributed by atoms with Crippen LogP contribution >= 0.6 is 11.3 Å². The second-order valence-corrected chi connectivity index (χ2v) is 6.76. The summed E-state index contributed by atoms with van der Waals surface area (Å²) in [7, 11) is 6.13. The third-order valence-corrected chi connectivity index (χ3v) is 5.37. The number of para-hydroxylation sites is 1.